The third kappa shape index (κ3) is 3.79. The number of rotatable bonds is 5. The SMILES string of the molecule is CC(C)Sc1cc(Br)ccc1CNC1CC1. The predicted molar refractivity (Wildman–Crippen MR) is 75.0 cm³/mol. The first kappa shape index (κ1) is 12.5. The zero-order valence-corrected chi connectivity index (χ0v) is 12.2. The normalized spacial score (nSPS) is 15.8. The van der Waals surface area contributed by atoms with E-state index in [2.05, 4.69) is 53.3 Å². The van der Waals surface area contributed by atoms with E-state index in [0.717, 1.165) is 12.6 Å². The second-order valence-corrected chi connectivity index (χ2v) is 7.11. The molecule has 0 radical (unpaired) electrons. The fraction of sp³-hybridized carbons (Fsp3) is 0.538. The Bertz CT molecular complexity index is 361. The number of benzene rings is 1. The van der Waals surface area contributed by atoms with Crippen molar-refractivity contribution in [3.63, 3.8) is 0 Å². The molecule has 16 heavy (non-hydrogen) atoms. The summed E-state index contributed by atoms with van der Waals surface area (Å²) in [4.78, 5) is 1.40. The van der Waals surface area contributed by atoms with Crippen LogP contribution in [0.2, 0.25) is 0 Å². The Hall–Kier alpha value is 0.01000. The van der Waals surface area contributed by atoms with Crippen LogP contribution in [0.4, 0.5) is 0 Å². The van der Waals surface area contributed by atoms with Crippen LogP contribution in [0.3, 0.4) is 0 Å². The minimum atomic E-state index is 0.633. The molecule has 0 unspecified atom stereocenters. The van der Waals surface area contributed by atoms with Crippen LogP contribution in [0.25, 0.3) is 0 Å². The Balaban J connectivity index is 2.06. The van der Waals surface area contributed by atoms with Gasteiger partial charge in [0.1, 0.15) is 0 Å². The van der Waals surface area contributed by atoms with E-state index in [9.17, 15) is 0 Å². The van der Waals surface area contributed by atoms with Gasteiger partial charge in [-0.1, -0.05) is 35.8 Å². The first-order valence-corrected chi connectivity index (χ1v) is 7.51. The summed E-state index contributed by atoms with van der Waals surface area (Å²) in [5, 5.41) is 4.21. The van der Waals surface area contributed by atoms with Gasteiger partial charge in [-0.15, -0.1) is 11.8 Å². The fourth-order valence-electron chi connectivity index (χ4n) is 1.58. The Kier molecular flexibility index (Phi) is 4.34. The highest BCUT2D eigenvalue weighted by Gasteiger charge is 2.20. The highest BCUT2D eigenvalue weighted by molar-refractivity contribution is 9.10. The van der Waals surface area contributed by atoms with Crippen LogP contribution in [0.15, 0.2) is 27.6 Å². The van der Waals surface area contributed by atoms with Crippen molar-refractivity contribution in [2.75, 3.05) is 0 Å². The molecule has 2 rings (SSSR count). The third-order valence-electron chi connectivity index (χ3n) is 2.55. The van der Waals surface area contributed by atoms with Gasteiger partial charge in [-0.3, -0.25) is 0 Å². The van der Waals surface area contributed by atoms with E-state index in [1.165, 1.54) is 27.8 Å². The minimum absolute atomic E-state index is 0.633. The molecule has 1 saturated carbocycles. The number of thioether (sulfide) groups is 1. The van der Waals surface area contributed by atoms with Crippen molar-refractivity contribution in [3.05, 3.63) is 28.2 Å². The molecule has 0 atom stereocenters. The summed E-state index contributed by atoms with van der Waals surface area (Å²) in [6.45, 7) is 5.49. The molecule has 0 aromatic heterocycles. The van der Waals surface area contributed by atoms with E-state index in [1.807, 2.05) is 11.8 Å². The topological polar surface area (TPSA) is 12.0 Å². The number of hydrogen-bond acceptors (Lipinski definition) is 2. The van der Waals surface area contributed by atoms with E-state index >= 15 is 0 Å². The van der Waals surface area contributed by atoms with Gasteiger partial charge in [0.05, 0.1) is 0 Å². The molecule has 1 aliphatic rings. The minimum Gasteiger partial charge on any atom is -0.310 e. The molecular weight excluding hydrogens is 282 g/mol. The Morgan fingerprint density at radius 1 is 1.44 bits per heavy atom. The van der Waals surface area contributed by atoms with Crippen molar-refractivity contribution in [1.82, 2.24) is 5.32 Å². The van der Waals surface area contributed by atoms with Crippen LogP contribution in [0.1, 0.15) is 32.3 Å². The maximum absolute atomic E-state index is 3.58. The molecule has 1 fully saturated rings. The summed E-state index contributed by atoms with van der Waals surface area (Å²) in [5.41, 5.74) is 1.42. The Labute approximate surface area is 111 Å². The lowest BCUT2D eigenvalue weighted by Gasteiger charge is -2.12. The van der Waals surface area contributed by atoms with Gasteiger partial charge in [0.15, 0.2) is 0 Å². The number of hydrogen-bond donors (Lipinski definition) is 1. The molecule has 1 aromatic carbocycles. The summed E-state index contributed by atoms with van der Waals surface area (Å²) < 4.78 is 1.17. The van der Waals surface area contributed by atoms with Crippen LogP contribution in [0.5, 0.6) is 0 Å². The van der Waals surface area contributed by atoms with Crippen molar-refractivity contribution >= 4 is 27.7 Å². The quantitative estimate of drug-likeness (QED) is 0.818. The molecule has 1 aromatic rings. The van der Waals surface area contributed by atoms with Crippen molar-refractivity contribution in [3.8, 4) is 0 Å². The zero-order valence-electron chi connectivity index (χ0n) is 9.79. The average molecular weight is 300 g/mol. The highest BCUT2D eigenvalue weighted by Crippen LogP contribution is 2.30. The molecule has 0 bridgehead atoms. The van der Waals surface area contributed by atoms with Crippen molar-refractivity contribution in [1.29, 1.82) is 0 Å². The molecule has 1 aliphatic carbocycles. The molecule has 0 heterocycles. The molecule has 0 aliphatic heterocycles. The summed E-state index contributed by atoms with van der Waals surface area (Å²) in [7, 11) is 0. The highest BCUT2D eigenvalue weighted by atomic mass is 79.9. The summed E-state index contributed by atoms with van der Waals surface area (Å²) in [5.74, 6) is 0. The van der Waals surface area contributed by atoms with Gasteiger partial charge in [0.2, 0.25) is 0 Å². The zero-order chi connectivity index (χ0) is 11.5. The second-order valence-electron chi connectivity index (χ2n) is 4.57. The van der Waals surface area contributed by atoms with Crippen LogP contribution >= 0.6 is 27.7 Å². The van der Waals surface area contributed by atoms with Crippen molar-refractivity contribution in [2.24, 2.45) is 0 Å². The smallest absolute Gasteiger partial charge is 0.0219 e. The molecule has 1 nitrogen and oxygen atoms in total. The van der Waals surface area contributed by atoms with E-state index in [-0.39, 0.29) is 0 Å². The fourth-order valence-corrected chi connectivity index (χ4v) is 3.09. The first-order chi connectivity index (χ1) is 7.65. The molecule has 88 valence electrons. The molecule has 0 spiro atoms. The maximum atomic E-state index is 3.58. The standard InChI is InChI=1S/C13H18BrNS/c1-9(2)16-13-7-11(14)4-3-10(13)8-15-12-5-6-12/h3-4,7,9,12,15H,5-6,8H2,1-2H3. The van der Waals surface area contributed by atoms with Gasteiger partial charge in [-0.25, -0.2) is 0 Å². The molecule has 3 heteroatoms. The van der Waals surface area contributed by atoms with Crippen LogP contribution in [-0.2, 0) is 6.54 Å². The van der Waals surface area contributed by atoms with E-state index < -0.39 is 0 Å². The number of halogens is 1. The van der Waals surface area contributed by atoms with Crippen molar-refractivity contribution < 1.29 is 0 Å². The third-order valence-corrected chi connectivity index (χ3v) is 4.15. The summed E-state index contributed by atoms with van der Waals surface area (Å²) >= 11 is 5.49. The molecule has 0 amide bonds. The monoisotopic (exact) mass is 299 g/mol. The van der Waals surface area contributed by atoms with Gasteiger partial charge in [0, 0.05) is 27.2 Å². The molecule has 0 saturated heterocycles. The van der Waals surface area contributed by atoms with Crippen LogP contribution in [0, 0.1) is 0 Å². The van der Waals surface area contributed by atoms with Gasteiger partial charge in [-0.2, -0.15) is 0 Å². The molecular formula is C13H18BrNS. The van der Waals surface area contributed by atoms with Crippen LogP contribution in [-0.4, -0.2) is 11.3 Å². The predicted octanol–water partition coefficient (Wildman–Crippen LogP) is 4.20. The van der Waals surface area contributed by atoms with Crippen molar-refractivity contribution in [2.45, 2.75) is 49.4 Å². The van der Waals surface area contributed by atoms with Gasteiger partial charge < -0.3 is 5.32 Å². The van der Waals surface area contributed by atoms with Crippen LogP contribution < -0.4 is 5.32 Å². The van der Waals surface area contributed by atoms with E-state index in [0.29, 0.717) is 5.25 Å². The number of nitrogens with one attached hydrogen (secondary N) is 1. The van der Waals surface area contributed by atoms with E-state index in [4.69, 9.17) is 0 Å². The molecule has 1 N–H and O–H groups in total. The van der Waals surface area contributed by atoms with Gasteiger partial charge in [-0.05, 0) is 30.5 Å². The summed E-state index contributed by atoms with van der Waals surface area (Å²) in [6.07, 6.45) is 2.70. The van der Waals surface area contributed by atoms with Gasteiger partial charge in [0.25, 0.3) is 0 Å². The largest absolute Gasteiger partial charge is 0.310 e. The van der Waals surface area contributed by atoms with Gasteiger partial charge >= 0.3 is 0 Å². The lowest BCUT2D eigenvalue weighted by atomic mass is 10.2. The Morgan fingerprint density at radius 3 is 2.81 bits per heavy atom. The second kappa shape index (κ2) is 5.56. The Morgan fingerprint density at radius 2 is 2.19 bits per heavy atom. The average Bonchev–Trinajstić information content (AvgIpc) is 2.99. The van der Waals surface area contributed by atoms with E-state index in [1.54, 1.807) is 0 Å². The first-order valence-electron chi connectivity index (χ1n) is 5.83. The summed E-state index contributed by atoms with van der Waals surface area (Å²) in [6, 6.07) is 7.37. The maximum Gasteiger partial charge on any atom is 0.0219 e. The lowest BCUT2D eigenvalue weighted by molar-refractivity contribution is 0.680. The lowest BCUT2D eigenvalue weighted by Crippen LogP contribution is -2.15.